The Kier molecular flexibility index (Phi) is 4.41. The summed E-state index contributed by atoms with van der Waals surface area (Å²) in [5.74, 6) is -0.505. The predicted molar refractivity (Wildman–Crippen MR) is 77.8 cm³/mol. The molecule has 1 saturated carbocycles. The summed E-state index contributed by atoms with van der Waals surface area (Å²) in [5, 5.41) is 9.13. The number of hydrogen-bond donors (Lipinski definition) is 1. The Morgan fingerprint density at radius 1 is 1.38 bits per heavy atom. The quantitative estimate of drug-likeness (QED) is 0.899. The van der Waals surface area contributed by atoms with Crippen LogP contribution in [0.15, 0.2) is 24.3 Å². The van der Waals surface area contributed by atoms with Gasteiger partial charge in [-0.15, -0.1) is 0 Å². The first-order valence-corrected chi connectivity index (χ1v) is 7.56. The maximum absolute atomic E-state index is 11.1. The summed E-state index contributed by atoms with van der Waals surface area (Å²) >= 11 is 0. The van der Waals surface area contributed by atoms with E-state index in [1.165, 1.54) is 12.8 Å². The second kappa shape index (κ2) is 6.45. The fourth-order valence-electron chi connectivity index (χ4n) is 3.33. The first-order valence-electron chi connectivity index (χ1n) is 7.56. The number of nitrogens with zero attached hydrogens (tertiary/aromatic N) is 1. The Balaban J connectivity index is 1.55. The van der Waals surface area contributed by atoms with Crippen LogP contribution in [-0.4, -0.2) is 54.4 Å². The average molecular weight is 291 g/mol. The van der Waals surface area contributed by atoms with Crippen molar-refractivity contribution in [3.05, 3.63) is 29.8 Å². The van der Waals surface area contributed by atoms with Crippen LogP contribution in [0.2, 0.25) is 0 Å². The maximum Gasteiger partial charge on any atom is 0.339 e. The molecule has 0 unspecified atom stereocenters. The molecule has 2 aliphatic rings. The van der Waals surface area contributed by atoms with Crippen LogP contribution in [-0.2, 0) is 4.74 Å². The van der Waals surface area contributed by atoms with Crippen molar-refractivity contribution >= 4 is 5.97 Å². The molecule has 0 aromatic heterocycles. The van der Waals surface area contributed by atoms with Gasteiger partial charge < -0.3 is 14.6 Å². The highest BCUT2D eigenvalue weighted by Gasteiger charge is 2.35. The first kappa shape index (κ1) is 14.4. The van der Waals surface area contributed by atoms with E-state index in [4.69, 9.17) is 14.6 Å². The van der Waals surface area contributed by atoms with Gasteiger partial charge in [0.25, 0.3) is 0 Å². The van der Waals surface area contributed by atoms with E-state index >= 15 is 0 Å². The Bertz CT molecular complexity index is 505. The third kappa shape index (κ3) is 3.19. The molecule has 1 aliphatic heterocycles. The zero-order valence-electron chi connectivity index (χ0n) is 12.0. The normalized spacial score (nSPS) is 25.5. The molecule has 2 atom stereocenters. The lowest BCUT2D eigenvalue weighted by Gasteiger charge is -2.37. The van der Waals surface area contributed by atoms with Crippen molar-refractivity contribution in [2.75, 3.05) is 26.3 Å². The number of carboxylic acids is 1. The molecule has 2 fully saturated rings. The zero-order chi connectivity index (χ0) is 14.7. The smallest absolute Gasteiger partial charge is 0.339 e. The van der Waals surface area contributed by atoms with Crippen molar-refractivity contribution in [1.82, 2.24) is 4.90 Å². The monoisotopic (exact) mass is 291 g/mol. The van der Waals surface area contributed by atoms with Crippen molar-refractivity contribution in [1.29, 1.82) is 0 Å². The number of carbonyl (C=O) groups is 1. The SMILES string of the molecule is O=C(O)c1ccccc1OCCN1CCO[C@H]2CCC[C@@H]21. The molecule has 5 nitrogen and oxygen atoms in total. The summed E-state index contributed by atoms with van der Waals surface area (Å²) < 4.78 is 11.5. The Morgan fingerprint density at radius 3 is 3.10 bits per heavy atom. The minimum absolute atomic E-state index is 0.221. The van der Waals surface area contributed by atoms with Crippen molar-refractivity contribution < 1.29 is 19.4 Å². The van der Waals surface area contributed by atoms with Gasteiger partial charge >= 0.3 is 5.97 Å². The second-order valence-corrected chi connectivity index (χ2v) is 5.59. The zero-order valence-corrected chi connectivity index (χ0v) is 12.0. The fourth-order valence-corrected chi connectivity index (χ4v) is 3.33. The van der Waals surface area contributed by atoms with Crippen molar-refractivity contribution in [3.8, 4) is 5.75 Å². The van der Waals surface area contributed by atoms with Gasteiger partial charge in [-0.25, -0.2) is 4.79 Å². The van der Waals surface area contributed by atoms with Crippen LogP contribution in [0, 0.1) is 0 Å². The highest BCUT2D eigenvalue weighted by atomic mass is 16.5. The summed E-state index contributed by atoms with van der Waals surface area (Å²) in [7, 11) is 0. The van der Waals surface area contributed by atoms with Crippen LogP contribution in [0.4, 0.5) is 0 Å². The van der Waals surface area contributed by atoms with E-state index in [0.717, 1.165) is 26.1 Å². The van der Waals surface area contributed by atoms with Crippen LogP contribution in [0.1, 0.15) is 29.6 Å². The minimum atomic E-state index is -0.951. The number of morpholine rings is 1. The summed E-state index contributed by atoms with van der Waals surface area (Å²) in [6.07, 6.45) is 3.96. The van der Waals surface area contributed by atoms with E-state index in [9.17, 15) is 4.79 Å². The number of carboxylic acid groups (broad SMARTS) is 1. The van der Waals surface area contributed by atoms with E-state index in [1.807, 2.05) is 0 Å². The topological polar surface area (TPSA) is 59.0 Å². The lowest BCUT2D eigenvalue weighted by molar-refractivity contribution is -0.0583. The molecule has 1 N–H and O–H groups in total. The van der Waals surface area contributed by atoms with E-state index in [2.05, 4.69) is 4.90 Å². The van der Waals surface area contributed by atoms with Crippen LogP contribution < -0.4 is 4.74 Å². The first-order chi connectivity index (χ1) is 10.3. The molecule has 0 amide bonds. The molecule has 0 bridgehead atoms. The molecule has 0 spiro atoms. The maximum atomic E-state index is 11.1. The third-order valence-electron chi connectivity index (χ3n) is 4.35. The number of ether oxygens (including phenoxy) is 2. The largest absolute Gasteiger partial charge is 0.491 e. The summed E-state index contributed by atoms with van der Waals surface area (Å²) in [6, 6.07) is 7.29. The van der Waals surface area contributed by atoms with Gasteiger partial charge in [-0.1, -0.05) is 12.1 Å². The third-order valence-corrected chi connectivity index (χ3v) is 4.35. The average Bonchev–Trinajstić information content (AvgIpc) is 2.97. The molecule has 0 radical (unpaired) electrons. The highest BCUT2D eigenvalue weighted by Crippen LogP contribution is 2.29. The molecule has 3 rings (SSSR count). The molecule has 1 aromatic carbocycles. The molecular formula is C16H21NO4. The summed E-state index contributed by atoms with van der Waals surface area (Å²) in [4.78, 5) is 13.6. The van der Waals surface area contributed by atoms with Gasteiger partial charge in [0.05, 0.1) is 12.7 Å². The van der Waals surface area contributed by atoms with Crippen molar-refractivity contribution in [2.24, 2.45) is 0 Å². The summed E-state index contributed by atoms with van der Waals surface area (Å²) in [5.41, 5.74) is 0.221. The minimum Gasteiger partial charge on any atom is -0.491 e. The van der Waals surface area contributed by atoms with Gasteiger partial charge in [-0.3, -0.25) is 4.90 Å². The Hall–Kier alpha value is -1.59. The number of fused-ring (bicyclic) bond motifs is 1. The van der Waals surface area contributed by atoms with Crippen molar-refractivity contribution in [2.45, 2.75) is 31.4 Å². The molecule has 1 aromatic rings. The number of benzene rings is 1. The number of aromatic carboxylic acids is 1. The molecule has 1 aliphatic carbocycles. The van der Waals surface area contributed by atoms with Gasteiger partial charge in [-0.05, 0) is 31.4 Å². The van der Waals surface area contributed by atoms with E-state index in [-0.39, 0.29) is 5.56 Å². The van der Waals surface area contributed by atoms with E-state index in [1.54, 1.807) is 24.3 Å². The Morgan fingerprint density at radius 2 is 2.24 bits per heavy atom. The predicted octanol–water partition coefficient (Wildman–Crippen LogP) is 2.02. The number of rotatable bonds is 5. The Labute approximate surface area is 124 Å². The highest BCUT2D eigenvalue weighted by molar-refractivity contribution is 5.90. The molecular weight excluding hydrogens is 270 g/mol. The standard InChI is InChI=1S/C16H21NO4/c18-16(19)12-4-1-2-6-14(12)20-10-8-17-9-11-21-15-7-3-5-13(15)17/h1-2,4,6,13,15H,3,5,7-11H2,(H,18,19)/t13-,15-/m0/s1. The van der Waals surface area contributed by atoms with Gasteiger partial charge in [0.2, 0.25) is 0 Å². The lowest BCUT2D eigenvalue weighted by Crippen LogP contribution is -2.49. The molecule has 21 heavy (non-hydrogen) atoms. The van der Waals surface area contributed by atoms with Crippen LogP contribution in [0.3, 0.4) is 0 Å². The molecule has 114 valence electrons. The van der Waals surface area contributed by atoms with E-state index < -0.39 is 5.97 Å². The molecule has 5 heteroatoms. The van der Waals surface area contributed by atoms with Gasteiger partial charge in [-0.2, -0.15) is 0 Å². The van der Waals surface area contributed by atoms with Crippen molar-refractivity contribution in [3.63, 3.8) is 0 Å². The van der Waals surface area contributed by atoms with Crippen LogP contribution in [0.25, 0.3) is 0 Å². The lowest BCUT2D eigenvalue weighted by atomic mass is 10.1. The second-order valence-electron chi connectivity index (χ2n) is 5.59. The van der Waals surface area contributed by atoms with Gasteiger partial charge in [0.1, 0.15) is 17.9 Å². The van der Waals surface area contributed by atoms with Gasteiger partial charge in [0, 0.05) is 19.1 Å². The van der Waals surface area contributed by atoms with Crippen LogP contribution in [0.5, 0.6) is 5.75 Å². The van der Waals surface area contributed by atoms with Gasteiger partial charge in [0.15, 0.2) is 0 Å². The fraction of sp³-hybridized carbons (Fsp3) is 0.562. The van der Waals surface area contributed by atoms with E-state index in [0.29, 0.717) is 24.5 Å². The number of para-hydroxylation sites is 1. The number of hydrogen-bond acceptors (Lipinski definition) is 4. The molecule has 1 saturated heterocycles. The molecule has 1 heterocycles. The van der Waals surface area contributed by atoms with Crippen LogP contribution >= 0.6 is 0 Å². The summed E-state index contributed by atoms with van der Waals surface area (Å²) in [6.45, 7) is 3.05.